The number of hydrogen-bond donors (Lipinski definition) is 1. The molecule has 2 aromatic carbocycles. The molecule has 1 N–H and O–H groups in total. The summed E-state index contributed by atoms with van der Waals surface area (Å²) in [6.45, 7) is 9.20. The Morgan fingerprint density at radius 3 is 2.21 bits per heavy atom. The molecule has 8 nitrogen and oxygen atoms in total. The standard InChI is InChI=1S/C24H29NO7S/c1-14(2)23(24(27)32-13-19(26)22-16(4)10-15(3)11-17(22)5)25-33(28,29)18-6-7-20-21(12-18)31-9-8-30-20/h6-7,10-12,14,23,25H,8-9,13H2,1-5H3. The van der Waals surface area contributed by atoms with Gasteiger partial charge in [-0.25, -0.2) is 8.42 Å². The van der Waals surface area contributed by atoms with Gasteiger partial charge in [-0.15, -0.1) is 0 Å². The summed E-state index contributed by atoms with van der Waals surface area (Å²) in [5.41, 5.74) is 3.14. The summed E-state index contributed by atoms with van der Waals surface area (Å²) in [5, 5.41) is 0. The van der Waals surface area contributed by atoms with Gasteiger partial charge in [0.25, 0.3) is 0 Å². The molecule has 0 aromatic heterocycles. The van der Waals surface area contributed by atoms with E-state index >= 15 is 0 Å². The second-order valence-electron chi connectivity index (χ2n) is 8.45. The molecular weight excluding hydrogens is 446 g/mol. The molecular formula is C24H29NO7S. The lowest BCUT2D eigenvalue weighted by Crippen LogP contribution is -2.45. The Morgan fingerprint density at radius 2 is 1.61 bits per heavy atom. The molecule has 0 saturated carbocycles. The van der Waals surface area contributed by atoms with Crippen LogP contribution in [0.2, 0.25) is 0 Å². The van der Waals surface area contributed by atoms with Gasteiger partial charge in [-0.3, -0.25) is 9.59 Å². The SMILES string of the molecule is Cc1cc(C)c(C(=O)COC(=O)C(NS(=O)(=O)c2ccc3c(c2)OCCO3)C(C)C)c(C)c1. The second-order valence-corrected chi connectivity index (χ2v) is 10.2. The van der Waals surface area contributed by atoms with Crippen molar-refractivity contribution >= 4 is 21.8 Å². The summed E-state index contributed by atoms with van der Waals surface area (Å²) in [6, 6.07) is 6.85. The molecule has 0 spiro atoms. The zero-order valence-corrected chi connectivity index (χ0v) is 20.2. The lowest BCUT2D eigenvalue weighted by Gasteiger charge is -2.22. The number of aryl methyl sites for hydroxylation is 3. The Labute approximate surface area is 194 Å². The normalized spacial score (nSPS) is 14.1. The predicted octanol–water partition coefficient (Wildman–Crippen LogP) is 3.11. The third-order valence-corrected chi connectivity index (χ3v) is 6.77. The van der Waals surface area contributed by atoms with Gasteiger partial charge < -0.3 is 14.2 Å². The lowest BCUT2D eigenvalue weighted by molar-refractivity contribution is -0.145. The molecule has 0 radical (unpaired) electrons. The smallest absolute Gasteiger partial charge is 0.324 e. The molecule has 1 aliphatic heterocycles. The third-order valence-electron chi connectivity index (χ3n) is 5.33. The average Bonchev–Trinajstić information content (AvgIpc) is 2.74. The minimum absolute atomic E-state index is 0.0628. The highest BCUT2D eigenvalue weighted by Crippen LogP contribution is 2.32. The number of rotatable bonds is 8. The molecule has 0 amide bonds. The number of Topliss-reactive ketones (excluding diaryl/α,β-unsaturated/α-hetero) is 1. The second kappa shape index (κ2) is 9.93. The minimum atomic E-state index is -4.06. The predicted molar refractivity (Wildman–Crippen MR) is 122 cm³/mol. The Hall–Kier alpha value is -2.91. The van der Waals surface area contributed by atoms with Gasteiger partial charge in [0.2, 0.25) is 15.8 Å². The maximum Gasteiger partial charge on any atom is 0.324 e. The van der Waals surface area contributed by atoms with Crippen molar-refractivity contribution in [3.63, 3.8) is 0 Å². The van der Waals surface area contributed by atoms with Crippen LogP contribution in [0.5, 0.6) is 11.5 Å². The Kier molecular flexibility index (Phi) is 7.44. The van der Waals surface area contributed by atoms with E-state index in [2.05, 4.69) is 4.72 Å². The van der Waals surface area contributed by atoms with Crippen LogP contribution in [-0.2, 0) is 19.6 Å². The van der Waals surface area contributed by atoms with Crippen LogP contribution in [0.3, 0.4) is 0 Å². The van der Waals surface area contributed by atoms with Crippen LogP contribution in [0, 0.1) is 26.7 Å². The number of sulfonamides is 1. The van der Waals surface area contributed by atoms with Crippen LogP contribution in [0.25, 0.3) is 0 Å². The number of ether oxygens (including phenoxy) is 3. The van der Waals surface area contributed by atoms with Crippen molar-refractivity contribution in [3.8, 4) is 11.5 Å². The van der Waals surface area contributed by atoms with E-state index in [1.54, 1.807) is 13.8 Å². The number of esters is 1. The molecule has 33 heavy (non-hydrogen) atoms. The summed E-state index contributed by atoms with van der Waals surface area (Å²) >= 11 is 0. The van der Waals surface area contributed by atoms with Crippen molar-refractivity contribution in [2.45, 2.75) is 45.6 Å². The van der Waals surface area contributed by atoms with E-state index in [1.165, 1.54) is 18.2 Å². The third kappa shape index (κ3) is 5.72. The van der Waals surface area contributed by atoms with Crippen molar-refractivity contribution in [2.24, 2.45) is 5.92 Å². The lowest BCUT2D eigenvalue weighted by atomic mass is 9.97. The van der Waals surface area contributed by atoms with E-state index in [4.69, 9.17) is 14.2 Å². The highest BCUT2D eigenvalue weighted by atomic mass is 32.2. The molecule has 0 bridgehead atoms. The van der Waals surface area contributed by atoms with Crippen LogP contribution in [0.1, 0.15) is 40.9 Å². The Bertz CT molecular complexity index is 1150. The van der Waals surface area contributed by atoms with Gasteiger partial charge in [0.05, 0.1) is 4.90 Å². The molecule has 1 aliphatic rings. The molecule has 0 aliphatic carbocycles. The molecule has 9 heteroatoms. The van der Waals surface area contributed by atoms with E-state index in [0.717, 1.165) is 16.7 Å². The van der Waals surface area contributed by atoms with E-state index < -0.39 is 34.6 Å². The van der Waals surface area contributed by atoms with Gasteiger partial charge >= 0.3 is 5.97 Å². The number of ketones is 1. The number of carbonyl (C=O) groups is 2. The zero-order valence-electron chi connectivity index (χ0n) is 19.4. The van der Waals surface area contributed by atoms with E-state index in [-0.39, 0.29) is 10.7 Å². The maximum absolute atomic E-state index is 12.9. The molecule has 3 rings (SSSR count). The number of fused-ring (bicyclic) bond motifs is 1. The minimum Gasteiger partial charge on any atom is -0.486 e. The number of carbonyl (C=O) groups excluding carboxylic acids is 2. The average molecular weight is 476 g/mol. The van der Waals surface area contributed by atoms with Crippen molar-refractivity contribution in [2.75, 3.05) is 19.8 Å². The largest absolute Gasteiger partial charge is 0.486 e. The molecule has 1 heterocycles. The van der Waals surface area contributed by atoms with Crippen molar-refractivity contribution in [1.29, 1.82) is 0 Å². The fourth-order valence-corrected chi connectivity index (χ4v) is 5.15. The quantitative estimate of drug-likeness (QED) is 0.462. The summed E-state index contributed by atoms with van der Waals surface area (Å²) in [6.07, 6.45) is 0. The van der Waals surface area contributed by atoms with E-state index in [0.29, 0.717) is 30.3 Å². The summed E-state index contributed by atoms with van der Waals surface area (Å²) in [7, 11) is -4.06. The first-order valence-electron chi connectivity index (χ1n) is 10.7. The van der Waals surface area contributed by atoms with Crippen LogP contribution < -0.4 is 14.2 Å². The fourth-order valence-electron chi connectivity index (χ4n) is 3.80. The van der Waals surface area contributed by atoms with Crippen molar-refractivity contribution in [1.82, 2.24) is 4.72 Å². The molecule has 178 valence electrons. The molecule has 1 unspecified atom stereocenters. The maximum atomic E-state index is 12.9. The van der Waals surface area contributed by atoms with Gasteiger partial charge in [-0.2, -0.15) is 4.72 Å². The van der Waals surface area contributed by atoms with Crippen LogP contribution in [0.15, 0.2) is 35.2 Å². The topological polar surface area (TPSA) is 108 Å². The first-order chi connectivity index (χ1) is 15.5. The van der Waals surface area contributed by atoms with Crippen LogP contribution in [0.4, 0.5) is 0 Å². The van der Waals surface area contributed by atoms with Crippen LogP contribution >= 0.6 is 0 Å². The molecule has 2 aromatic rings. The molecule has 0 saturated heterocycles. The summed E-state index contributed by atoms with van der Waals surface area (Å²) < 4.78 is 44.4. The number of benzene rings is 2. The van der Waals surface area contributed by atoms with Crippen LogP contribution in [-0.4, -0.2) is 46.0 Å². The molecule has 1 atom stereocenters. The Balaban J connectivity index is 1.72. The number of hydrogen-bond acceptors (Lipinski definition) is 7. The Morgan fingerprint density at radius 1 is 1.00 bits per heavy atom. The van der Waals surface area contributed by atoms with Gasteiger partial charge in [0.15, 0.2) is 18.1 Å². The van der Waals surface area contributed by atoms with Gasteiger partial charge in [-0.05, 0) is 49.9 Å². The van der Waals surface area contributed by atoms with Gasteiger partial charge in [0.1, 0.15) is 19.3 Å². The van der Waals surface area contributed by atoms with Gasteiger partial charge in [-0.1, -0.05) is 31.5 Å². The highest BCUT2D eigenvalue weighted by molar-refractivity contribution is 7.89. The van der Waals surface area contributed by atoms with E-state index in [1.807, 2.05) is 32.9 Å². The highest BCUT2D eigenvalue weighted by Gasteiger charge is 2.31. The van der Waals surface area contributed by atoms with Gasteiger partial charge in [0, 0.05) is 11.6 Å². The fraction of sp³-hybridized carbons (Fsp3) is 0.417. The first-order valence-corrected chi connectivity index (χ1v) is 12.2. The van der Waals surface area contributed by atoms with Crippen molar-refractivity contribution < 1.29 is 32.2 Å². The summed E-state index contributed by atoms with van der Waals surface area (Å²) in [5.74, 6) is -0.790. The monoisotopic (exact) mass is 475 g/mol. The molecule has 0 fully saturated rings. The summed E-state index contributed by atoms with van der Waals surface area (Å²) in [4.78, 5) is 25.4. The number of nitrogens with one attached hydrogen (secondary N) is 1. The van der Waals surface area contributed by atoms with E-state index in [9.17, 15) is 18.0 Å². The first kappa shape index (κ1) is 24.7. The van der Waals surface area contributed by atoms with Crippen molar-refractivity contribution in [3.05, 3.63) is 52.6 Å². The zero-order chi connectivity index (χ0) is 24.3.